The van der Waals surface area contributed by atoms with Crippen molar-refractivity contribution in [1.29, 1.82) is 5.26 Å². The first-order chi connectivity index (χ1) is 9.01. The number of methoxy groups -OCH3 is 1. The van der Waals surface area contributed by atoms with Crippen LogP contribution < -0.4 is 4.74 Å². The van der Waals surface area contributed by atoms with Crippen LogP contribution in [0.3, 0.4) is 0 Å². The van der Waals surface area contributed by atoms with Gasteiger partial charge in [0.2, 0.25) is 0 Å². The summed E-state index contributed by atoms with van der Waals surface area (Å²) < 4.78 is 18.2. The molecule has 0 aliphatic carbocycles. The fraction of sp³-hybridized carbons (Fsp3) is 0.429. The molecule has 0 heterocycles. The van der Waals surface area contributed by atoms with Gasteiger partial charge in [-0.2, -0.15) is 5.26 Å². The summed E-state index contributed by atoms with van der Waals surface area (Å²) >= 11 is 0. The van der Waals surface area contributed by atoms with Crippen molar-refractivity contribution in [3.8, 4) is 11.8 Å². The average Bonchev–Trinajstić information content (AvgIpc) is 2.39. The molecule has 19 heavy (non-hydrogen) atoms. The Bertz CT molecular complexity index is 495. The Morgan fingerprint density at radius 3 is 2.74 bits per heavy atom. The first-order valence-electron chi connectivity index (χ1n) is 6.02. The van der Waals surface area contributed by atoms with E-state index in [1.54, 1.807) is 4.90 Å². The number of amides is 1. The molecule has 0 saturated carbocycles. The zero-order chi connectivity index (χ0) is 14.4. The molecular formula is C14H17FN2O2. The predicted octanol–water partition coefficient (Wildman–Crippen LogP) is 2.60. The number of benzene rings is 1. The summed E-state index contributed by atoms with van der Waals surface area (Å²) in [5.41, 5.74) is 0.352. The van der Waals surface area contributed by atoms with Crippen LogP contribution in [0.4, 0.5) is 4.39 Å². The van der Waals surface area contributed by atoms with E-state index in [2.05, 4.69) is 0 Å². The standard InChI is InChI=1S/C14H17FN2O2/c1-10(2)17(8-4-7-16)14(18)11-5-6-12(15)13(9-11)19-3/h5-6,9-10H,4,8H2,1-3H3. The van der Waals surface area contributed by atoms with Crippen LogP contribution in [0.15, 0.2) is 18.2 Å². The zero-order valence-electron chi connectivity index (χ0n) is 11.3. The maximum absolute atomic E-state index is 13.3. The first-order valence-corrected chi connectivity index (χ1v) is 6.02. The molecule has 0 saturated heterocycles. The number of carbonyl (C=O) groups is 1. The first kappa shape index (κ1) is 15.0. The van der Waals surface area contributed by atoms with E-state index in [1.807, 2.05) is 19.9 Å². The number of nitrogens with zero attached hydrogens (tertiary/aromatic N) is 2. The number of hydrogen-bond acceptors (Lipinski definition) is 3. The lowest BCUT2D eigenvalue weighted by molar-refractivity contribution is 0.0710. The minimum absolute atomic E-state index is 0.0307. The van der Waals surface area contributed by atoms with Crippen LogP contribution in [-0.4, -0.2) is 30.5 Å². The fourth-order valence-corrected chi connectivity index (χ4v) is 1.72. The highest BCUT2D eigenvalue weighted by molar-refractivity contribution is 5.94. The number of hydrogen-bond donors (Lipinski definition) is 0. The molecule has 0 aliphatic heterocycles. The molecule has 4 nitrogen and oxygen atoms in total. The summed E-state index contributed by atoms with van der Waals surface area (Å²) in [5, 5.41) is 8.61. The molecule has 0 aromatic heterocycles. The Balaban J connectivity index is 2.99. The summed E-state index contributed by atoms with van der Waals surface area (Å²) in [5.74, 6) is -0.703. The largest absolute Gasteiger partial charge is 0.494 e. The van der Waals surface area contributed by atoms with Crippen molar-refractivity contribution in [1.82, 2.24) is 4.90 Å². The van der Waals surface area contributed by atoms with Crippen molar-refractivity contribution in [3.63, 3.8) is 0 Å². The predicted molar refractivity (Wildman–Crippen MR) is 69.4 cm³/mol. The van der Waals surface area contributed by atoms with Crippen LogP contribution in [0.2, 0.25) is 0 Å². The van der Waals surface area contributed by atoms with E-state index in [0.717, 1.165) is 0 Å². The molecule has 0 aliphatic rings. The summed E-state index contributed by atoms with van der Waals surface area (Å²) in [6, 6.07) is 5.98. The van der Waals surface area contributed by atoms with Gasteiger partial charge in [0.25, 0.3) is 5.91 Å². The molecule has 0 bridgehead atoms. The normalized spacial score (nSPS) is 10.1. The molecule has 102 valence electrons. The van der Waals surface area contributed by atoms with Gasteiger partial charge in [-0.15, -0.1) is 0 Å². The van der Waals surface area contributed by atoms with E-state index >= 15 is 0 Å². The van der Waals surface area contributed by atoms with Gasteiger partial charge in [0.05, 0.1) is 19.6 Å². The molecular weight excluding hydrogens is 247 g/mol. The highest BCUT2D eigenvalue weighted by Gasteiger charge is 2.19. The number of nitriles is 1. The van der Waals surface area contributed by atoms with Gasteiger partial charge >= 0.3 is 0 Å². The number of ether oxygens (including phenoxy) is 1. The minimum Gasteiger partial charge on any atom is -0.494 e. The van der Waals surface area contributed by atoms with Crippen LogP contribution >= 0.6 is 0 Å². The van der Waals surface area contributed by atoms with Gasteiger partial charge in [-0.25, -0.2) is 4.39 Å². The second-order valence-electron chi connectivity index (χ2n) is 4.35. The number of halogens is 1. The van der Waals surface area contributed by atoms with E-state index < -0.39 is 5.82 Å². The van der Waals surface area contributed by atoms with Gasteiger partial charge in [0.15, 0.2) is 11.6 Å². The van der Waals surface area contributed by atoms with Crippen LogP contribution in [0.1, 0.15) is 30.6 Å². The Morgan fingerprint density at radius 2 is 2.21 bits per heavy atom. The Morgan fingerprint density at radius 1 is 1.53 bits per heavy atom. The molecule has 0 radical (unpaired) electrons. The van der Waals surface area contributed by atoms with Gasteiger partial charge in [-0.3, -0.25) is 4.79 Å². The molecule has 0 N–H and O–H groups in total. The second kappa shape index (κ2) is 6.74. The molecule has 0 fully saturated rings. The molecule has 1 aromatic carbocycles. The van der Waals surface area contributed by atoms with Crippen LogP contribution in [0.5, 0.6) is 5.75 Å². The smallest absolute Gasteiger partial charge is 0.254 e. The lowest BCUT2D eigenvalue weighted by Gasteiger charge is -2.26. The van der Waals surface area contributed by atoms with E-state index in [9.17, 15) is 9.18 Å². The summed E-state index contributed by atoms with van der Waals surface area (Å²) in [7, 11) is 1.35. The van der Waals surface area contributed by atoms with E-state index in [-0.39, 0.29) is 24.1 Å². The van der Waals surface area contributed by atoms with Crippen molar-refractivity contribution in [2.45, 2.75) is 26.3 Å². The maximum Gasteiger partial charge on any atom is 0.254 e. The average molecular weight is 264 g/mol. The van der Waals surface area contributed by atoms with E-state index in [4.69, 9.17) is 10.00 Å². The van der Waals surface area contributed by atoms with Crippen molar-refractivity contribution in [2.75, 3.05) is 13.7 Å². The Kier molecular flexibility index (Phi) is 5.31. The molecule has 1 amide bonds. The second-order valence-corrected chi connectivity index (χ2v) is 4.35. The van der Waals surface area contributed by atoms with Gasteiger partial charge < -0.3 is 9.64 Å². The van der Waals surface area contributed by atoms with Gasteiger partial charge in [0.1, 0.15) is 0 Å². The van der Waals surface area contributed by atoms with Crippen LogP contribution in [0, 0.1) is 17.1 Å². The molecule has 0 spiro atoms. The molecule has 0 atom stereocenters. The van der Waals surface area contributed by atoms with Crippen molar-refractivity contribution >= 4 is 5.91 Å². The third-order valence-corrected chi connectivity index (χ3v) is 2.75. The quantitative estimate of drug-likeness (QED) is 0.821. The SMILES string of the molecule is COc1cc(C(=O)N(CCC#N)C(C)C)ccc1F. The Labute approximate surface area is 112 Å². The number of rotatable bonds is 5. The molecule has 5 heteroatoms. The topological polar surface area (TPSA) is 53.3 Å². The highest BCUT2D eigenvalue weighted by Crippen LogP contribution is 2.20. The highest BCUT2D eigenvalue weighted by atomic mass is 19.1. The third-order valence-electron chi connectivity index (χ3n) is 2.75. The van der Waals surface area contributed by atoms with E-state index in [0.29, 0.717) is 12.1 Å². The van der Waals surface area contributed by atoms with Crippen LogP contribution in [-0.2, 0) is 0 Å². The fourth-order valence-electron chi connectivity index (χ4n) is 1.72. The lowest BCUT2D eigenvalue weighted by atomic mass is 10.1. The van der Waals surface area contributed by atoms with Crippen molar-refractivity contribution < 1.29 is 13.9 Å². The monoisotopic (exact) mass is 264 g/mol. The lowest BCUT2D eigenvalue weighted by Crippen LogP contribution is -2.37. The maximum atomic E-state index is 13.3. The zero-order valence-corrected chi connectivity index (χ0v) is 11.3. The van der Waals surface area contributed by atoms with Gasteiger partial charge in [-0.1, -0.05) is 0 Å². The van der Waals surface area contributed by atoms with Crippen LogP contribution in [0.25, 0.3) is 0 Å². The number of carbonyl (C=O) groups excluding carboxylic acids is 1. The molecule has 1 aromatic rings. The Hall–Kier alpha value is -2.09. The minimum atomic E-state index is -0.507. The van der Waals surface area contributed by atoms with Gasteiger partial charge in [0, 0.05) is 18.2 Å². The van der Waals surface area contributed by atoms with Crippen molar-refractivity contribution in [3.05, 3.63) is 29.6 Å². The van der Waals surface area contributed by atoms with Crippen molar-refractivity contribution in [2.24, 2.45) is 0 Å². The summed E-state index contributed by atoms with van der Waals surface area (Å²) in [6.45, 7) is 4.10. The van der Waals surface area contributed by atoms with E-state index in [1.165, 1.54) is 25.3 Å². The summed E-state index contributed by atoms with van der Waals surface area (Å²) in [6.07, 6.45) is 0.266. The molecule has 1 rings (SSSR count). The molecule has 0 unspecified atom stereocenters. The third kappa shape index (κ3) is 3.68. The van der Waals surface area contributed by atoms with Gasteiger partial charge in [-0.05, 0) is 32.0 Å². The summed E-state index contributed by atoms with van der Waals surface area (Å²) in [4.78, 5) is 13.9.